The minimum absolute atomic E-state index is 0.0921. The summed E-state index contributed by atoms with van der Waals surface area (Å²) in [5.74, 6) is 0.234. The number of pyridine rings is 1. The molecule has 0 aliphatic heterocycles. The van der Waals surface area contributed by atoms with Crippen LogP contribution >= 0.6 is 11.6 Å². The van der Waals surface area contributed by atoms with Crippen molar-refractivity contribution in [1.82, 2.24) is 19.4 Å². The summed E-state index contributed by atoms with van der Waals surface area (Å²) in [4.78, 5) is 12.4. The third kappa shape index (κ3) is 2.43. The van der Waals surface area contributed by atoms with E-state index < -0.39 is 5.82 Å². The lowest BCUT2D eigenvalue weighted by Crippen LogP contribution is -1.96. The van der Waals surface area contributed by atoms with Crippen LogP contribution in [0, 0.1) is 24.1 Å². The maximum Gasteiger partial charge on any atom is 0.217 e. The molecule has 0 radical (unpaired) electrons. The number of imidazole rings is 1. The number of nitrogens with zero attached hydrogens (tertiary/aromatic N) is 5. The van der Waals surface area contributed by atoms with E-state index >= 15 is 0 Å². The molecule has 104 valence electrons. The smallest absolute Gasteiger partial charge is 0.217 e. The Morgan fingerprint density at radius 3 is 2.76 bits per heavy atom. The highest BCUT2D eigenvalue weighted by atomic mass is 35.5. The second-order valence-electron chi connectivity index (χ2n) is 4.53. The molecule has 0 atom stereocenters. The fourth-order valence-corrected chi connectivity index (χ4v) is 2.31. The summed E-state index contributed by atoms with van der Waals surface area (Å²) in [6.45, 7) is 1.78. The summed E-state index contributed by atoms with van der Waals surface area (Å²) in [5, 5.41) is 9.32. The van der Waals surface area contributed by atoms with Gasteiger partial charge in [-0.05, 0) is 18.6 Å². The summed E-state index contributed by atoms with van der Waals surface area (Å²) < 4.78 is 15.5. The third-order valence-electron chi connectivity index (χ3n) is 3.03. The van der Waals surface area contributed by atoms with Crippen LogP contribution in [-0.2, 0) is 6.42 Å². The van der Waals surface area contributed by atoms with Gasteiger partial charge in [0, 0.05) is 25.0 Å². The fourth-order valence-electron chi connectivity index (χ4n) is 2.11. The highest BCUT2D eigenvalue weighted by molar-refractivity contribution is 6.30. The zero-order valence-electron chi connectivity index (χ0n) is 11.0. The lowest BCUT2D eigenvalue weighted by Gasteiger charge is -2.01. The van der Waals surface area contributed by atoms with E-state index in [1.54, 1.807) is 19.3 Å². The summed E-state index contributed by atoms with van der Waals surface area (Å²) in [5.41, 5.74) is 1.49. The molecule has 7 heteroatoms. The molecule has 5 nitrogen and oxygen atoms in total. The Balaban J connectivity index is 2.15. The lowest BCUT2D eigenvalue weighted by atomic mass is 10.1. The second kappa shape index (κ2) is 5.11. The van der Waals surface area contributed by atoms with E-state index in [1.807, 2.05) is 6.07 Å². The van der Waals surface area contributed by atoms with Crippen molar-refractivity contribution in [3.8, 4) is 6.07 Å². The standard InChI is InChI=1S/C14H9ClFN5/c1-8-18-5-9(6-19-8)2-12-14-11(16)3-10(15)7-21(14)13(4-17)20-12/h3,5-7H,2H2,1H3. The first-order chi connectivity index (χ1) is 10.1. The van der Waals surface area contributed by atoms with Gasteiger partial charge in [-0.3, -0.25) is 4.40 Å². The monoisotopic (exact) mass is 301 g/mol. The Morgan fingerprint density at radius 2 is 2.10 bits per heavy atom. The van der Waals surface area contributed by atoms with Crippen LogP contribution in [0.5, 0.6) is 0 Å². The third-order valence-corrected chi connectivity index (χ3v) is 3.24. The van der Waals surface area contributed by atoms with Crippen LogP contribution in [-0.4, -0.2) is 19.4 Å². The van der Waals surface area contributed by atoms with Crippen molar-refractivity contribution in [3.05, 3.63) is 58.4 Å². The lowest BCUT2D eigenvalue weighted by molar-refractivity contribution is 0.632. The first-order valence-electron chi connectivity index (χ1n) is 6.12. The van der Waals surface area contributed by atoms with Gasteiger partial charge in [0.1, 0.15) is 17.4 Å². The van der Waals surface area contributed by atoms with Gasteiger partial charge < -0.3 is 0 Å². The maximum absolute atomic E-state index is 14.1. The SMILES string of the molecule is Cc1ncc(Cc2nc(C#N)n3cc(Cl)cc(F)c23)cn1. The number of hydrogen-bond acceptors (Lipinski definition) is 4. The van der Waals surface area contributed by atoms with Gasteiger partial charge in [0.25, 0.3) is 0 Å². The number of hydrogen-bond donors (Lipinski definition) is 0. The van der Waals surface area contributed by atoms with E-state index in [4.69, 9.17) is 16.9 Å². The Morgan fingerprint density at radius 1 is 1.38 bits per heavy atom. The van der Waals surface area contributed by atoms with Gasteiger partial charge >= 0.3 is 0 Å². The molecule has 0 bridgehead atoms. The molecule has 3 rings (SSSR count). The summed E-state index contributed by atoms with van der Waals surface area (Å²) in [6.07, 6.45) is 5.13. The minimum atomic E-state index is -0.514. The van der Waals surface area contributed by atoms with Crippen LogP contribution in [0.3, 0.4) is 0 Å². The van der Waals surface area contributed by atoms with Crippen LogP contribution in [0.15, 0.2) is 24.7 Å². The molecule has 0 amide bonds. The highest BCUT2D eigenvalue weighted by Gasteiger charge is 2.16. The fraction of sp³-hybridized carbons (Fsp3) is 0.143. The molecule has 0 unspecified atom stereocenters. The average molecular weight is 302 g/mol. The molecule has 0 fully saturated rings. The van der Waals surface area contributed by atoms with Crippen molar-refractivity contribution in [3.63, 3.8) is 0 Å². The van der Waals surface area contributed by atoms with Gasteiger partial charge in [0.15, 0.2) is 5.82 Å². The molecule has 3 aromatic heterocycles. The predicted molar refractivity (Wildman–Crippen MR) is 74.5 cm³/mol. The van der Waals surface area contributed by atoms with E-state index in [0.717, 1.165) is 5.56 Å². The van der Waals surface area contributed by atoms with Gasteiger partial charge in [0.05, 0.1) is 10.7 Å². The van der Waals surface area contributed by atoms with E-state index in [1.165, 1.54) is 16.7 Å². The molecule has 0 saturated carbocycles. The van der Waals surface area contributed by atoms with Gasteiger partial charge in [-0.15, -0.1) is 0 Å². The number of aryl methyl sites for hydroxylation is 1. The zero-order valence-corrected chi connectivity index (χ0v) is 11.8. The molecular weight excluding hydrogens is 293 g/mol. The summed E-state index contributed by atoms with van der Waals surface area (Å²) in [6, 6.07) is 3.14. The molecule has 0 aliphatic rings. The van der Waals surface area contributed by atoms with Gasteiger partial charge in [-0.1, -0.05) is 11.6 Å². The normalized spacial score (nSPS) is 10.8. The number of rotatable bonds is 2. The molecule has 0 aromatic carbocycles. The van der Waals surface area contributed by atoms with E-state index in [2.05, 4.69) is 15.0 Å². The Kier molecular flexibility index (Phi) is 3.28. The number of nitriles is 1. The van der Waals surface area contributed by atoms with Crippen molar-refractivity contribution in [2.45, 2.75) is 13.3 Å². The first-order valence-corrected chi connectivity index (χ1v) is 6.50. The quantitative estimate of drug-likeness (QED) is 0.730. The summed E-state index contributed by atoms with van der Waals surface area (Å²) in [7, 11) is 0. The average Bonchev–Trinajstić information content (AvgIpc) is 2.79. The maximum atomic E-state index is 14.1. The molecule has 21 heavy (non-hydrogen) atoms. The van der Waals surface area contributed by atoms with Crippen molar-refractivity contribution in [2.75, 3.05) is 0 Å². The van der Waals surface area contributed by atoms with Crippen molar-refractivity contribution >= 4 is 17.1 Å². The highest BCUT2D eigenvalue weighted by Crippen LogP contribution is 2.22. The van der Waals surface area contributed by atoms with Gasteiger partial charge in [0.2, 0.25) is 5.82 Å². The Bertz CT molecular complexity index is 864. The van der Waals surface area contributed by atoms with Crippen molar-refractivity contribution in [1.29, 1.82) is 5.26 Å². The minimum Gasteiger partial charge on any atom is -0.287 e. The van der Waals surface area contributed by atoms with Crippen LogP contribution in [0.25, 0.3) is 5.52 Å². The molecule has 3 aromatic rings. The van der Waals surface area contributed by atoms with Gasteiger partial charge in [-0.2, -0.15) is 5.26 Å². The van der Waals surface area contributed by atoms with Crippen molar-refractivity contribution < 1.29 is 4.39 Å². The number of aromatic nitrogens is 4. The molecule has 0 saturated heterocycles. The number of fused-ring (bicyclic) bond motifs is 1. The zero-order chi connectivity index (χ0) is 15.0. The number of halogens is 2. The Hall–Kier alpha value is -2.52. The second-order valence-corrected chi connectivity index (χ2v) is 4.97. The molecule has 0 N–H and O–H groups in total. The van der Waals surface area contributed by atoms with Crippen LogP contribution in [0.4, 0.5) is 4.39 Å². The van der Waals surface area contributed by atoms with E-state index in [0.29, 0.717) is 17.9 Å². The molecule has 0 aliphatic carbocycles. The van der Waals surface area contributed by atoms with E-state index in [9.17, 15) is 4.39 Å². The largest absolute Gasteiger partial charge is 0.287 e. The molecule has 3 heterocycles. The Labute approximate surface area is 124 Å². The molecular formula is C14H9ClFN5. The summed E-state index contributed by atoms with van der Waals surface area (Å²) >= 11 is 5.82. The first kappa shape index (κ1) is 13.5. The van der Waals surface area contributed by atoms with Crippen LogP contribution < -0.4 is 0 Å². The topological polar surface area (TPSA) is 66.9 Å². The van der Waals surface area contributed by atoms with Crippen LogP contribution in [0.2, 0.25) is 5.02 Å². The van der Waals surface area contributed by atoms with Crippen molar-refractivity contribution in [2.24, 2.45) is 0 Å². The van der Waals surface area contributed by atoms with Gasteiger partial charge in [-0.25, -0.2) is 19.3 Å². The van der Waals surface area contributed by atoms with E-state index in [-0.39, 0.29) is 16.4 Å². The predicted octanol–water partition coefficient (Wildman–Crippen LogP) is 2.69. The van der Waals surface area contributed by atoms with Crippen LogP contribution in [0.1, 0.15) is 22.9 Å². The molecule has 0 spiro atoms.